The fourth-order valence-electron chi connectivity index (χ4n) is 2.28. The summed E-state index contributed by atoms with van der Waals surface area (Å²) in [7, 11) is 0. The Morgan fingerprint density at radius 2 is 2.07 bits per heavy atom. The molecule has 7 nitrogen and oxygen atoms in total. The van der Waals surface area contributed by atoms with Gasteiger partial charge in [0, 0.05) is 34.2 Å². The Bertz CT molecular complexity index is 1030. The molecular weight excluding hydrogens is 400 g/mol. The highest BCUT2D eigenvalue weighted by molar-refractivity contribution is 7.99. The third kappa shape index (κ3) is 4.26. The van der Waals surface area contributed by atoms with Gasteiger partial charge in [-0.15, -0.1) is 34.4 Å². The number of aromatic nitrogens is 2. The first-order valence-corrected chi connectivity index (χ1v) is 10.4. The number of thioether (sulfide) groups is 1. The second kappa shape index (κ2) is 8.64. The van der Waals surface area contributed by atoms with Crippen LogP contribution in [0.3, 0.4) is 0 Å². The minimum absolute atomic E-state index is 0.0784. The van der Waals surface area contributed by atoms with Crippen molar-refractivity contribution in [2.75, 3.05) is 16.8 Å². The lowest BCUT2D eigenvalue weighted by molar-refractivity contribution is -0.115. The quantitative estimate of drug-likeness (QED) is 0.590. The summed E-state index contributed by atoms with van der Waals surface area (Å²) in [6.07, 6.45) is 1.84. The minimum atomic E-state index is -0.170. The topological polar surface area (TPSA) is 128 Å². The average Bonchev–Trinajstić information content (AvgIpc) is 3.35. The van der Waals surface area contributed by atoms with Crippen LogP contribution in [0.1, 0.15) is 17.5 Å². The summed E-state index contributed by atoms with van der Waals surface area (Å²) in [5, 5.41) is 26.4. The molecule has 3 aromatic rings. The number of hydrogen-bond acceptors (Lipinski definition) is 9. The summed E-state index contributed by atoms with van der Waals surface area (Å²) < 4.78 is 0. The van der Waals surface area contributed by atoms with Gasteiger partial charge in [-0.3, -0.25) is 4.79 Å². The van der Waals surface area contributed by atoms with Crippen LogP contribution in [-0.4, -0.2) is 21.6 Å². The second-order valence-electron chi connectivity index (χ2n) is 5.11. The molecule has 0 radical (unpaired) electrons. The normalized spacial score (nSPS) is 10.1. The van der Waals surface area contributed by atoms with Gasteiger partial charge in [0.2, 0.25) is 5.91 Å². The molecule has 3 aromatic heterocycles. The van der Waals surface area contributed by atoms with Crippen LogP contribution >= 0.6 is 34.4 Å². The van der Waals surface area contributed by atoms with Crippen LogP contribution in [0, 0.1) is 22.7 Å². The van der Waals surface area contributed by atoms with Gasteiger partial charge in [-0.1, -0.05) is 6.07 Å². The van der Waals surface area contributed by atoms with Gasteiger partial charge in [0.05, 0.1) is 5.56 Å². The standard InChI is InChI=1S/C17H12N6OS3/c18-8-10-14(12-2-1-5-25-12)11(9-19)16(23-15(10)20)26-6-3-13(24)22-17-21-4-7-27-17/h1-2,4-5,7H,3,6H2,(H2,20,23)(H,21,22,24). The van der Waals surface area contributed by atoms with E-state index in [1.54, 1.807) is 11.6 Å². The fraction of sp³-hybridized carbons (Fsp3) is 0.118. The second-order valence-corrected chi connectivity index (χ2v) is 8.04. The monoisotopic (exact) mass is 412 g/mol. The lowest BCUT2D eigenvalue weighted by Gasteiger charge is -2.11. The lowest BCUT2D eigenvalue weighted by atomic mass is 10.0. The Kier molecular flexibility index (Phi) is 6.04. The van der Waals surface area contributed by atoms with Crippen LogP contribution < -0.4 is 11.1 Å². The van der Waals surface area contributed by atoms with Crippen LogP contribution in [0.5, 0.6) is 0 Å². The molecule has 3 N–H and O–H groups in total. The average molecular weight is 413 g/mol. The number of nitrogens with zero attached hydrogens (tertiary/aromatic N) is 4. The molecule has 27 heavy (non-hydrogen) atoms. The summed E-state index contributed by atoms with van der Waals surface area (Å²) in [5.74, 6) is 0.319. The summed E-state index contributed by atoms with van der Waals surface area (Å²) in [4.78, 5) is 21.0. The van der Waals surface area contributed by atoms with Crippen molar-refractivity contribution in [3.8, 4) is 22.6 Å². The largest absolute Gasteiger partial charge is 0.383 e. The van der Waals surface area contributed by atoms with Gasteiger partial charge in [0.15, 0.2) is 5.13 Å². The third-order valence-electron chi connectivity index (χ3n) is 3.43. The molecule has 0 aliphatic rings. The number of pyridine rings is 1. The van der Waals surface area contributed by atoms with Crippen molar-refractivity contribution >= 4 is 51.3 Å². The molecule has 0 aromatic carbocycles. The lowest BCUT2D eigenvalue weighted by Crippen LogP contribution is -2.12. The van der Waals surface area contributed by atoms with E-state index in [1.807, 2.05) is 23.6 Å². The number of carbonyl (C=O) groups is 1. The van der Waals surface area contributed by atoms with E-state index in [9.17, 15) is 15.3 Å². The van der Waals surface area contributed by atoms with Crippen LogP contribution in [0.4, 0.5) is 10.9 Å². The van der Waals surface area contributed by atoms with E-state index in [2.05, 4.69) is 21.4 Å². The highest BCUT2D eigenvalue weighted by Gasteiger charge is 2.21. The van der Waals surface area contributed by atoms with E-state index in [0.717, 1.165) is 4.88 Å². The van der Waals surface area contributed by atoms with E-state index < -0.39 is 0 Å². The number of nitrogens with two attached hydrogens (primary N) is 1. The number of carbonyl (C=O) groups excluding carboxylic acids is 1. The summed E-state index contributed by atoms with van der Waals surface area (Å²) >= 11 is 4.02. The van der Waals surface area contributed by atoms with E-state index in [0.29, 0.717) is 27.0 Å². The Morgan fingerprint density at radius 1 is 1.26 bits per heavy atom. The smallest absolute Gasteiger partial charge is 0.226 e. The zero-order chi connectivity index (χ0) is 19.2. The maximum absolute atomic E-state index is 12.0. The molecule has 0 spiro atoms. The minimum Gasteiger partial charge on any atom is -0.383 e. The predicted molar refractivity (Wildman–Crippen MR) is 107 cm³/mol. The van der Waals surface area contributed by atoms with Crippen molar-refractivity contribution in [2.45, 2.75) is 11.4 Å². The van der Waals surface area contributed by atoms with Crippen molar-refractivity contribution < 1.29 is 4.79 Å². The van der Waals surface area contributed by atoms with Gasteiger partial charge < -0.3 is 11.1 Å². The molecule has 0 aliphatic carbocycles. The number of nitriles is 2. The number of rotatable bonds is 6. The van der Waals surface area contributed by atoms with Gasteiger partial charge in [-0.05, 0) is 11.4 Å². The predicted octanol–water partition coefficient (Wildman–Crippen LogP) is 3.71. The third-order valence-corrected chi connectivity index (χ3v) is 5.98. The molecule has 0 bridgehead atoms. The Labute approximate surface area is 167 Å². The molecule has 10 heteroatoms. The van der Waals surface area contributed by atoms with Gasteiger partial charge in [0.25, 0.3) is 0 Å². The van der Waals surface area contributed by atoms with Crippen molar-refractivity contribution in [1.82, 2.24) is 9.97 Å². The van der Waals surface area contributed by atoms with Crippen LogP contribution in [0.15, 0.2) is 34.1 Å². The molecule has 0 aliphatic heterocycles. The molecular formula is C17H12N6OS3. The SMILES string of the molecule is N#Cc1c(N)nc(SCCC(=O)Nc2nccs2)c(C#N)c1-c1cccs1. The van der Waals surface area contributed by atoms with Crippen molar-refractivity contribution in [1.29, 1.82) is 10.5 Å². The van der Waals surface area contributed by atoms with Crippen LogP contribution in [0.2, 0.25) is 0 Å². The highest BCUT2D eigenvalue weighted by atomic mass is 32.2. The number of nitrogens with one attached hydrogen (secondary N) is 1. The molecule has 1 amide bonds. The number of thiazole rings is 1. The number of anilines is 2. The first-order chi connectivity index (χ1) is 13.1. The van der Waals surface area contributed by atoms with E-state index in [4.69, 9.17) is 5.73 Å². The first kappa shape index (κ1) is 18.9. The molecule has 0 saturated heterocycles. The molecule has 0 unspecified atom stereocenters. The molecule has 3 rings (SSSR count). The molecule has 3 heterocycles. The molecule has 0 saturated carbocycles. The van der Waals surface area contributed by atoms with Gasteiger partial charge >= 0.3 is 0 Å². The van der Waals surface area contributed by atoms with E-state index in [1.165, 1.54) is 34.4 Å². The summed E-state index contributed by atoms with van der Waals surface area (Å²) in [6, 6.07) is 7.85. The van der Waals surface area contributed by atoms with Gasteiger partial charge in [-0.25, -0.2) is 9.97 Å². The van der Waals surface area contributed by atoms with Crippen LogP contribution in [-0.2, 0) is 4.79 Å². The Morgan fingerprint density at radius 3 is 2.70 bits per heavy atom. The maximum atomic E-state index is 12.0. The highest BCUT2D eigenvalue weighted by Crippen LogP contribution is 2.37. The van der Waals surface area contributed by atoms with Crippen molar-refractivity contribution in [3.05, 3.63) is 40.2 Å². The summed E-state index contributed by atoms with van der Waals surface area (Å²) in [5.41, 5.74) is 6.94. The first-order valence-electron chi connectivity index (χ1n) is 7.63. The molecule has 134 valence electrons. The molecule has 0 atom stereocenters. The van der Waals surface area contributed by atoms with Crippen molar-refractivity contribution in [3.63, 3.8) is 0 Å². The van der Waals surface area contributed by atoms with Gasteiger partial charge in [0.1, 0.15) is 28.5 Å². The van der Waals surface area contributed by atoms with E-state index >= 15 is 0 Å². The van der Waals surface area contributed by atoms with Gasteiger partial charge in [-0.2, -0.15) is 10.5 Å². The number of amides is 1. The molecule has 0 fully saturated rings. The van der Waals surface area contributed by atoms with E-state index in [-0.39, 0.29) is 23.7 Å². The number of nitrogen functional groups attached to an aromatic ring is 1. The number of thiophene rings is 1. The van der Waals surface area contributed by atoms with Crippen LogP contribution in [0.25, 0.3) is 10.4 Å². The zero-order valence-electron chi connectivity index (χ0n) is 13.8. The Balaban J connectivity index is 1.81. The van der Waals surface area contributed by atoms with Crippen molar-refractivity contribution in [2.24, 2.45) is 0 Å². The maximum Gasteiger partial charge on any atom is 0.226 e. The fourth-order valence-corrected chi connectivity index (χ4v) is 4.54. The summed E-state index contributed by atoms with van der Waals surface area (Å²) in [6.45, 7) is 0. The Hall–Kier alpha value is -2.92. The number of hydrogen-bond donors (Lipinski definition) is 2. The zero-order valence-corrected chi connectivity index (χ0v) is 16.2.